The van der Waals surface area contributed by atoms with Crippen LogP contribution in [0.5, 0.6) is 0 Å². The predicted octanol–water partition coefficient (Wildman–Crippen LogP) is 2.87. The molecular formula is C15H20FN3. The smallest absolute Gasteiger partial charge is 0.128 e. The summed E-state index contributed by atoms with van der Waals surface area (Å²) in [6.45, 7) is 6.77. The van der Waals surface area contributed by atoms with E-state index in [4.69, 9.17) is 0 Å². The summed E-state index contributed by atoms with van der Waals surface area (Å²) >= 11 is 0. The van der Waals surface area contributed by atoms with E-state index in [9.17, 15) is 4.39 Å². The lowest BCUT2D eigenvalue weighted by atomic mass is 9.96. The van der Waals surface area contributed by atoms with Crippen LogP contribution in [-0.2, 0) is 7.05 Å². The first-order chi connectivity index (χ1) is 9.06. The third kappa shape index (κ3) is 2.54. The standard InChI is InChI=1S/C15H20FN3/c1-5-17-15(12-8-6-7-9-13(12)16)14-10(2)18-19(4)11(14)3/h6-9,15,17H,5H2,1-4H3. The minimum Gasteiger partial charge on any atom is -0.306 e. The first-order valence-corrected chi connectivity index (χ1v) is 6.54. The second-order valence-corrected chi connectivity index (χ2v) is 4.72. The van der Waals surface area contributed by atoms with Gasteiger partial charge < -0.3 is 5.32 Å². The molecule has 0 saturated heterocycles. The summed E-state index contributed by atoms with van der Waals surface area (Å²) in [7, 11) is 1.91. The summed E-state index contributed by atoms with van der Waals surface area (Å²) in [4.78, 5) is 0. The fourth-order valence-corrected chi connectivity index (χ4v) is 2.49. The Morgan fingerprint density at radius 1 is 1.32 bits per heavy atom. The van der Waals surface area contributed by atoms with Crippen molar-refractivity contribution in [2.45, 2.75) is 26.8 Å². The zero-order chi connectivity index (χ0) is 14.0. The van der Waals surface area contributed by atoms with Crippen molar-refractivity contribution in [3.8, 4) is 0 Å². The maximum atomic E-state index is 14.1. The van der Waals surface area contributed by atoms with Gasteiger partial charge in [-0.25, -0.2) is 4.39 Å². The third-order valence-electron chi connectivity index (χ3n) is 3.48. The summed E-state index contributed by atoms with van der Waals surface area (Å²) in [6.07, 6.45) is 0. The van der Waals surface area contributed by atoms with Gasteiger partial charge in [0.25, 0.3) is 0 Å². The fraction of sp³-hybridized carbons (Fsp3) is 0.400. The van der Waals surface area contributed by atoms with Crippen molar-refractivity contribution in [3.05, 3.63) is 52.6 Å². The van der Waals surface area contributed by atoms with E-state index in [1.165, 1.54) is 6.07 Å². The van der Waals surface area contributed by atoms with Gasteiger partial charge in [0.2, 0.25) is 0 Å². The van der Waals surface area contributed by atoms with Crippen molar-refractivity contribution in [2.75, 3.05) is 6.54 Å². The highest BCUT2D eigenvalue weighted by atomic mass is 19.1. The molecule has 1 unspecified atom stereocenters. The molecule has 0 bridgehead atoms. The van der Waals surface area contributed by atoms with E-state index < -0.39 is 0 Å². The SMILES string of the molecule is CCNC(c1ccccc1F)c1c(C)nn(C)c1C. The van der Waals surface area contributed by atoms with Gasteiger partial charge >= 0.3 is 0 Å². The molecule has 3 nitrogen and oxygen atoms in total. The lowest BCUT2D eigenvalue weighted by Gasteiger charge is -2.20. The molecule has 0 fully saturated rings. The van der Waals surface area contributed by atoms with Crippen LogP contribution in [0, 0.1) is 19.7 Å². The molecular weight excluding hydrogens is 241 g/mol. The highest BCUT2D eigenvalue weighted by Gasteiger charge is 2.23. The second kappa shape index (κ2) is 5.53. The minimum absolute atomic E-state index is 0.153. The van der Waals surface area contributed by atoms with Crippen LogP contribution >= 0.6 is 0 Å². The number of nitrogens with zero attached hydrogens (tertiary/aromatic N) is 2. The number of rotatable bonds is 4. The quantitative estimate of drug-likeness (QED) is 0.917. The Kier molecular flexibility index (Phi) is 4.00. The number of hydrogen-bond donors (Lipinski definition) is 1. The fourth-order valence-electron chi connectivity index (χ4n) is 2.49. The lowest BCUT2D eigenvalue weighted by molar-refractivity contribution is 0.556. The molecule has 1 aromatic carbocycles. The molecule has 2 aromatic rings. The van der Waals surface area contributed by atoms with Crippen molar-refractivity contribution < 1.29 is 4.39 Å². The van der Waals surface area contributed by atoms with E-state index >= 15 is 0 Å². The number of nitrogens with one attached hydrogen (secondary N) is 1. The maximum absolute atomic E-state index is 14.1. The Morgan fingerprint density at radius 2 is 2.00 bits per heavy atom. The molecule has 2 rings (SSSR count). The molecule has 102 valence electrons. The first kappa shape index (κ1) is 13.7. The summed E-state index contributed by atoms with van der Waals surface area (Å²) in [5, 5.41) is 7.78. The van der Waals surface area contributed by atoms with Crippen LogP contribution in [0.15, 0.2) is 24.3 Å². The summed E-state index contributed by atoms with van der Waals surface area (Å²) in [5.74, 6) is -0.184. The van der Waals surface area contributed by atoms with Gasteiger partial charge in [-0.1, -0.05) is 25.1 Å². The Bertz CT molecular complexity index is 575. The van der Waals surface area contributed by atoms with Gasteiger partial charge in [-0.05, 0) is 26.5 Å². The monoisotopic (exact) mass is 261 g/mol. The van der Waals surface area contributed by atoms with E-state index in [1.807, 2.05) is 44.6 Å². The normalized spacial score (nSPS) is 12.7. The zero-order valence-electron chi connectivity index (χ0n) is 11.9. The van der Waals surface area contributed by atoms with Gasteiger partial charge in [0.15, 0.2) is 0 Å². The molecule has 0 saturated carbocycles. The van der Waals surface area contributed by atoms with Gasteiger partial charge in [0.1, 0.15) is 5.82 Å². The van der Waals surface area contributed by atoms with E-state index in [0.29, 0.717) is 5.56 Å². The highest BCUT2D eigenvalue weighted by molar-refractivity contribution is 5.37. The average Bonchev–Trinajstić information content (AvgIpc) is 2.62. The summed E-state index contributed by atoms with van der Waals surface area (Å²) < 4.78 is 15.9. The molecule has 1 heterocycles. The van der Waals surface area contributed by atoms with Gasteiger partial charge in [0, 0.05) is 23.9 Å². The van der Waals surface area contributed by atoms with Crippen LogP contribution < -0.4 is 5.32 Å². The number of aryl methyl sites for hydroxylation is 2. The van der Waals surface area contributed by atoms with Gasteiger partial charge in [-0.2, -0.15) is 5.10 Å². The number of halogens is 1. The predicted molar refractivity (Wildman–Crippen MR) is 74.6 cm³/mol. The lowest BCUT2D eigenvalue weighted by Crippen LogP contribution is -2.24. The Morgan fingerprint density at radius 3 is 2.53 bits per heavy atom. The molecule has 4 heteroatoms. The molecule has 0 radical (unpaired) electrons. The van der Waals surface area contributed by atoms with Crippen molar-refractivity contribution in [1.82, 2.24) is 15.1 Å². The molecule has 1 N–H and O–H groups in total. The molecule has 19 heavy (non-hydrogen) atoms. The molecule has 0 amide bonds. The van der Waals surface area contributed by atoms with E-state index in [-0.39, 0.29) is 11.9 Å². The molecule has 0 aliphatic rings. The van der Waals surface area contributed by atoms with Crippen LogP contribution in [0.4, 0.5) is 4.39 Å². The third-order valence-corrected chi connectivity index (χ3v) is 3.48. The van der Waals surface area contributed by atoms with Crippen LogP contribution in [0.3, 0.4) is 0 Å². The molecule has 1 aromatic heterocycles. The van der Waals surface area contributed by atoms with Gasteiger partial charge in [-0.3, -0.25) is 4.68 Å². The highest BCUT2D eigenvalue weighted by Crippen LogP contribution is 2.28. The van der Waals surface area contributed by atoms with Gasteiger partial charge in [0.05, 0.1) is 11.7 Å². The van der Waals surface area contributed by atoms with Gasteiger partial charge in [-0.15, -0.1) is 0 Å². The Labute approximate surface area is 113 Å². The maximum Gasteiger partial charge on any atom is 0.128 e. The van der Waals surface area contributed by atoms with Crippen LogP contribution in [0.1, 0.15) is 35.5 Å². The summed E-state index contributed by atoms with van der Waals surface area (Å²) in [5.41, 5.74) is 3.74. The van der Waals surface area contributed by atoms with Crippen LogP contribution in [-0.4, -0.2) is 16.3 Å². The number of hydrogen-bond acceptors (Lipinski definition) is 2. The second-order valence-electron chi connectivity index (χ2n) is 4.72. The molecule has 1 atom stereocenters. The van der Waals surface area contributed by atoms with Crippen LogP contribution in [0.2, 0.25) is 0 Å². The van der Waals surface area contributed by atoms with Crippen molar-refractivity contribution in [2.24, 2.45) is 7.05 Å². The topological polar surface area (TPSA) is 29.9 Å². The van der Waals surface area contributed by atoms with E-state index in [0.717, 1.165) is 23.5 Å². The average molecular weight is 261 g/mol. The van der Waals surface area contributed by atoms with Crippen molar-refractivity contribution in [1.29, 1.82) is 0 Å². The number of aromatic nitrogens is 2. The van der Waals surface area contributed by atoms with E-state index in [1.54, 1.807) is 6.07 Å². The van der Waals surface area contributed by atoms with Crippen molar-refractivity contribution in [3.63, 3.8) is 0 Å². The first-order valence-electron chi connectivity index (χ1n) is 6.54. The zero-order valence-corrected chi connectivity index (χ0v) is 11.9. The molecule has 0 aliphatic heterocycles. The molecule has 0 aliphatic carbocycles. The van der Waals surface area contributed by atoms with Crippen molar-refractivity contribution >= 4 is 0 Å². The summed E-state index contributed by atoms with van der Waals surface area (Å²) in [6, 6.07) is 6.75. The number of benzene rings is 1. The van der Waals surface area contributed by atoms with Crippen LogP contribution in [0.25, 0.3) is 0 Å². The Hall–Kier alpha value is -1.68. The molecule has 0 spiro atoms. The minimum atomic E-state index is -0.184. The Balaban J connectivity index is 2.55. The largest absolute Gasteiger partial charge is 0.306 e. The van der Waals surface area contributed by atoms with E-state index in [2.05, 4.69) is 10.4 Å².